The van der Waals surface area contributed by atoms with Gasteiger partial charge in [-0.2, -0.15) is 0 Å². The van der Waals surface area contributed by atoms with E-state index < -0.39 is 0 Å². The number of rotatable bonds is 6. The van der Waals surface area contributed by atoms with Gasteiger partial charge in [0.25, 0.3) is 11.8 Å². The van der Waals surface area contributed by atoms with E-state index in [9.17, 15) is 9.59 Å². The topological polar surface area (TPSA) is 58.2 Å². The van der Waals surface area contributed by atoms with Gasteiger partial charge in [0.15, 0.2) is 0 Å². The Morgan fingerprint density at radius 1 is 0.679 bits per heavy atom. The molecular weight excluding hydrogens is 348 g/mol. The second kappa shape index (κ2) is 7.53. The first-order valence-electron chi connectivity index (χ1n) is 11.3. The summed E-state index contributed by atoms with van der Waals surface area (Å²) in [5.74, 6) is 4.76. The Morgan fingerprint density at radius 3 is 1.43 bits per heavy atom. The molecule has 5 rings (SSSR count). The van der Waals surface area contributed by atoms with Gasteiger partial charge in [0, 0.05) is 24.2 Å². The summed E-state index contributed by atoms with van der Waals surface area (Å²) in [7, 11) is 0. The Labute approximate surface area is 167 Å². The highest BCUT2D eigenvalue weighted by Gasteiger charge is 2.40. The van der Waals surface area contributed by atoms with Gasteiger partial charge in [-0.3, -0.25) is 9.59 Å². The molecule has 150 valence electrons. The molecule has 2 N–H and O–H groups in total. The van der Waals surface area contributed by atoms with Crippen LogP contribution in [0.15, 0.2) is 24.3 Å². The van der Waals surface area contributed by atoms with Crippen molar-refractivity contribution < 1.29 is 9.59 Å². The van der Waals surface area contributed by atoms with E-state index in [1.165, 1.54) is 51.4 Å². The second-order valence-corrected chi connectivity index (χ2v) is 9.87. The van der Waals surface area contributed by atoms with Gasteiger partial charge < -0.3 is 10.6 Å². The summed E-state index contributed by atoms with van der Waals surface area (Å²) in [6, 6.07) is 7.12. The van der Waals surface area contributed by atoms with Crippen molar-refractivity contribution in [3.63, 3.8) is 0 Å². The molecule has 28 heavy (non-hydrogen) atoms. The molecule has 4 heteroatoms. The molecule has 6 atom stereocenters. The molecule has 4 nitrogen and oxygen atoms in total. The fourth-order valence-electron chi connectivity index (χ4n) is 6.68. The van der Waals surface area contributed by atoms with Crippen LogP contribution >= 0.6 is 0 Å². The van der Waals surface area contributed by atoms with Crippen molar-refractivity contribution in [2.75, 3.05) is 13.1 Å². The van der Waals surface area contributed by atoms with Crippen LogP contribution in [0.25, 0.3) is 0 Å². The van der Waals surface area contributed by atoms with Crippen molar-refractivity contribution in [3.8, 4) is 0 Å². The fraction of sp³-hybridized carbons (Fsp3) is 0.667. The minimum atomic E-state index is -0.0169. The van der Waals surface area contributed by atoms with E-state index in [-0.39, 0.29) is 11.8 Å². The van der Waals surface area contributed by atoms with Crippen LogP contribution in [0, 0.1) is 35.5 Å². The van der Waals surface area contributed by atoms with Gasteiger partial charge in [-0.15, -0.1) is 0 Å². The van der Waals surface area contributed by atoms with E-state index in [2.05, 4.69) is 10.6 Å². The quantitative estimate of drug-likeness (QED) is 0.783. The van der Waals surface area contributed by atoms with E-state index in [1.807, 2.05) is 0 Å². The number of hydrogen-bond donors (Lipinski definition) is 2. The van der Waals surface area contributed by atoms with Crippen LogP contribution < -0.4 is 10.6 Å². The summed E-state index contributed by atoms with van der Waals surface area (Å²) in [5, 5.41) is 6.23. The van der Waals surface area contributed by atoms with Crippen LogP contribution in [-0.2, 0) is 0 Å². The van der Waals surface area contributed by atoms with Gasteiger partial charge in [-0.25, -0.2) is 0 Å². The van der Waals surface area contributed by atoms with E-state index in [0.29, 0.717) is 23.0 Å². The molecule has 0 aromatic heterocycles. The Morgan fingerprint density at radius 2 is 1.11 bits per heavy atom. The third-order valence-electron chi connectivity index (χ3n) is 8.23. The molecule has 0 spiro atoms. The average Bonchev–Trinajstić information content (AvgIpc) is 3.52. The zero-order chi connectivity index (χ0) is 19.1. The van der Waals surface area contributed by atoms with Gasteiger partial charge in [-0.1, -0.05) is 12.8 Å². The van der Waals surface area contributed by atoms with Gasteiger partial charge >= 0.3 is 0 Å². The van der Waals surface area contributed by atoms with Gasteiger partial charge in [0.1, 0.15) is 0 Å². The Balaban J connectivity index is 1.10. The summed E-state index contributed by atoms with van der Waals surface area (Å²) in [4.78, 5) is 24.9. The van der Waals surface area contributed by atoms with Crippen molar-refractivity contribution in [1.82, 2.24) is 10.6 Å². The first-order chi connectivity index (χ1) is 13.7. The highest BCUT2D eigenvalue weighted by molar-refractivity contribution is 5.97. The predicted molar refractivity (Wildman–Crippen MR) is 109 cm³/mol. The van der Waals surface area contributed by atoms with Gasteiger partial charge in [0.05, 0.1) is 0 Å². The molecule has 1 aromatic rings. The van der Waals surface area contributed by atoms with Crippen LogP contribution in [0.2, 0.25) is 0 Å². The van der Waals surface area contributed by atoms with E-state index in [0.717, 1.165) is 36.8 Å². The monoisotopic (exact) mass is 380 g/mol. The van der Waals surface area contributed by atoms with Crippen LogP contribution in [0.1, 0.15) is 72.1 Å². The van der Waals surface area contributed by atoms with Crippen molar-refractivity contribution >= 4 is 11.8 Å². The highest BCUT2D eigenvalue weighted by Crippen LogP contribution is 2.48. The first kappa shape index (κ1) is 18.2. The van der Waals surface area contributed by atoms with Crippen molar-refractivity contribution in [1.29, 1.82) is 0 Å². The molecule has 2 amide bonds. The first-order valence-corrected chi connectivity index (χ1v) is 11.3. The zero-order valence-corrected chi connectivity index (χ0v) is 16.7. The third-order valence-corrected chi connectivity index (χ3v) is 8.23. The summed E-state index contributed by atoms with van der Waals surface area (Å²) < 4.78 is 0. The van der Waals surface area contributed by atoms with Crippen molar-refractivity contribution in [2.24, 2.45) is 35.5 Å². The molecule has 4 bridgehead atoms. The maximum atomic E-state index is 12.5. The SMILES string of the molecule is O=C(NC[C@@H]1C[C@H]2CC[C@H]1C2)c1ccc(C(=O)NC[C@@H]2C[C@H]3CC[C@H]2C3)cc1. The molecule has 0 radical (unpaired) electrons. The van der Waals surface area contributed by atoms with Crippen LogP contribution in [-0.4, -0.2) is 24.9 Å². The van der Waals surface area contributed by atoms with Crippen LogP contribution in [0.3, 0.4) is 0 Å². The summed E-state index contributed by atoms with van der Waals surface area (Å²) in [6.07, 6.45) is 10.8. The Kier molecular flexibility index (Phi) is 4.90. The lowest BCUT2D eigenvalue weighted by molar-refractivity contribution is 0.0930. The predicted octanol–water partition coefficient (Wildman–Crippen LogP) is 4.02. The third kappa shape index (κ3) is 3.58. The maximum Gasteiger partial charge on any atom is 0.251 e. The second-order valence-electron chi connectivity index (χ2n) is 9.87. The number of nitrogens with one attached hydrogen (secondary N) is 2. The van der Waals surface area contributed by atoms with E-state index in [4.69, 9.17) is 0 Å². The minimum absolute atomic E-state index is 0.0169. The molecule has 0 unspecified atom stereocenters. The normalized spacial score (nSPS) is 35.3. The lowest BCUT2D eigenvalue weighted by atomic mass is 9.89. The lowest BCUT2D eigenvalue weighted by Crippen LogP contribution is -2.32. The molecule has 0 heterocycles. The number of hydrogen-bond acceptors (Lipinski definition) is 2. The zero-order valence-electron chi connectivity index (χ0n) is 16.7. The summed E-state index contributed by atoms with van der Waals surface area (Å²) >= 11 is 0. The van der Waals surface area contributed by atoms with Crippen molar-refractivity contribution in [3.05, 3.63) is 35.4 Å². The molecule has 4 aliphatic rings. The Hall–Kier alpha value is -1.84. The standard InChI is InChI=1S/C24H32N2O2/c27-23(25-13-21-11-15-1-3-19(21)9-15)17-5-7-18(8-6-17)24(28)26-14-22-12-16-2-4-20(22)10-16/h5-8,15-16,19-22H,1-4,9-14H2,(H,25,27)(H,26,28)/t15-,16-,19-,20-,21-,22-/m0/s1. The number of carbonyl (C=O) groups is 2. The molecular formula is C24H32N2O2. The highest BCUT2D eigenvalue weighted by atomic mass is 16.2. The molecule has 0 aliphatic heterocycles. The molecule has 0 saturated heterocycles. The van der Waals surface area contributed by atoms with Gasteiger partial charge in [-0.05, 0) is 98.3 Å². The average molecular weight is 381 g/mol. The van der Waals surface area contributed by atoms with E-state index >= 15 is 0 Å². The van der Waals surface area contributed by atoms with Gasteiger partial charge in [0.2, 0.25) is 0 Å². The molecule has 4 fully saturated rings. The number of carbonyl (C=O) groups excluding carboxylic acids is 2. The smallest absolute Gasteiger partial charge is 0.251 e. The van der Waals surface area contributed by atoms with E-state index in [1.54, 1.807) is 24.3 Å². The van der Waals surface area contributed by atoms with Crippen LogP contribution in [0.5, 0.6) is 0 Å². The number of amides is 2. The molecule has 1 aromatic carbocycles. The summed E-state index contributed by atoms with van der Waals surface area (Å²) in [6.45, 7) is 1.59. The maximum absolute atomic E-state index is 12.5. The summed E-state index contributed by atoms with van der Waals surface area (Å²) in [5.41, 5.74) is 1.29. The minimum Gasteiger partial charge on any atom is -0.352 e. The van der Waals surface area contributed by atoms with Crippen molar-refractivity contribution in [2.45, 2.75) is 51.4 Å². The fourth-order valence-corrected chi connectivity index (χ4v) is 6.68. The largest absolute Gasteiger partial charge is 0.352 e. The van der Waals surface area contributed by atoms with Crippen LogP contribution in [0.4, 0.5) is 0 Å². The number of benzene rings is 1. The Bertz CT molecular complexity index is 680. The molecule has 4 saturated carbocycles. The molecule has 4 aliphatic carbocycles. The lowest BCUT2D eigenvalue weighted by Gasteiger charge is -2.22. The number of fused-ring (bicyclic) bond motifs is 4.